The third-order valence-electron chi connectivity index (χ3n) is 7.18. The van der Waals surface area contributed by atoms with Crippen molar-refractivity contribution in [2.75, 3.05) is 13.7 Å². The van der Waals surface area contributed by atoms with Gasteiger partial charge in [0.15, 0.2) is 0 Å². The van der Waals surface area contributed by atoms with E-state index in [-0.39, 0.29) is 18.5 Å². The van der Waals surface area contributed by atoms with Gasteiger partial charge in [-0.25, -0.2) is 4.79 Å². The van der Waals surface area contributed by atoms with Crippen LogP contribution >= 0.6 is 0 Å². The molecule has 2 heterocycles. The van der Waals surface area contributed by atoms with E-state index >= 15 is 0 Å². The van der Waals surface area contributed by atoms with Crippen molar-refractivity contribution in [1.82, 2.24) is 0 Å². The van der Waals surface area contributed by atoms with E-state index in [1.54, 1.807) is 20.1 Å². The number of fused-ring (bicyclic) bond motifs is 1. The summed E-state index contributed by atoms with van der Waals surface area (Å²) in [5.41, 5.74) is 5.40. The zero-order valence-corrected chi connectivity index (χ0v) is 22.4. The molecular formula is C33H30O6. The minimum atomic E-state index is -0.398. The van der Waals surface area contributed by atoms with Crippen LogP contribution < -0.4 is 4.74 Å². The fourth-order valence-corrected chi connectivity index (χ4v) is 5.39. The van der Waals surface area contributed by atoms with Gasteiger partial charge in [0, 0.05) is 34.3 Å². The molecule has 6 nitrogen and oxygen atoms in total. The molecule has 6 heteroatoms. The Morgan fingerprint density at radius 1 is 1.08 bits per heavy atom. The molecule has 0 N–H and O–H groups in total. The largest absolute Gasteiger partial charge is 0.496 e. The molecule has 198 valence electrons. The van der Waals surface area contributed by atoms with Gasteiger partial charge in [-0.3, -0.25) is 4.79 Å². The first-order valence-corrected chi connectivity index (χ1v) is 12.8. The van der Waals surface area contributed by atoms with Crippen LogP contribution in [0.1, 0.15) is 47.0 Å². The van der Waals surface area contributed by atoms with Gasteiger partial charge in [0.1, 0.15) is 35.1 Å². The first-order valence-electron chi connectivity index (χ1n) is 12.8. The number of aldehydes is 1. The van der Waals surface area contributed by atoms with Crippen molar-refractivity contribution in [3.8, 4) is 17.1 Å². The van der Waals surface area contributed by atoms with Crippen LogP contribution in [0.15, 0.2) is 99.9 Å². The van der Waals surface area contributed by atoms with Crippen molar-refractivity contribution in [2.24, 2.45) is 5.92 Å². The highest BCUT2D eigenvalue weighted by Crippen LogP contribution is 2.53. The molecule has 2 unspecified atom stereocenters. The SMILES string of the molecule is C=C1C(=Cc2ccc(-c3ccc(C=O)cc3C)o2)OC2=CC(C)=C(C(=O)OCC)C(c3ccccc3OC)C12. The quantitative estimate of drug-likeness (QED) is 0.242. The van der Waals surface area contributed by atoms with E-state index in [0.29, 0.717) is 39.9 Å². The zero-order chi connectivity index (χ0) is 27.7. The van der Waals surface area contributed by atoms with E-state index in [1.807, 2.05) is 74.5 Å². The number of furan rings is 1. The van der Waals surface area contributed by atoms with Crippen LogP contribution in [0.25, 0.3) is 17.4 Å². The third-order valence-corrected chi connectivity index (χ3v) is 7.18. The van der Waals surface area contributed by atoms with Crippen molar-refractivity contribution >= 4 is 18.3 Å². The Kier molecular flexibility index (Phi) is 7.11. The Bertz CT molecular complexity index is 1560. The smallest absolute Gasteiger partial charge is 0.334 e. The minimum Gasteiger partial charge on any atom is -0.496 e. The normalized spacial score (nSPS) is 19.4. The lowest BCUT2D eigenvalue weighted by molar-refractivity contribution is -0.139. The summed E-state index contributed by atoms with van der Waals surface area (Å²) in [5.74, 6) is 2.16. The maximum absolute atomic E-state index is 13.2. The van der Waals surface area contributed by atoms with Crippen LogP contribution in [0.5, 0.6) is 5.75 Å². The Labute approximate surface area is 227 Å². The lowest BCUT2D eigenvalue weighted by atomic mass is 9.72. The summed E-state index contributed by atoms with van der Waals surface area (Å²) in [7, 11) is 1.62. The first kappa shape index (κ1) is 26.0. The van der Waals surface area contributed by atoms with E-state index < -0.39 is 5.92 Å². The fraction of sp³-hybridized carbons (Fsp3) is 0.212. The monoisotopic (exact) mass is 522 g/mol. The minimum absolute atomic E-state index is 0.274. The molecule has 39 heavy (non-hydrogen) atoms. The number of ether oxygens (including phenoxy) is 3. The molecule has 2 atom stereocenters. The third kappa shape index (κ3) is 4.74. The topological polar surface area (TPSA) is 75.0 Å². The Hall–Kier alpha value is -4.58. The molecule has 1 saturated heterocycles. The van der Waals surface area contributed by atoms with Gasteiger partial charge >= 0.3 is 5.97 Å². The number of carbonyl (C=O) groups excluding carboxylic acids is 2. The average Bonchev–Trinajstić information content (AvgIpc) is 3.51. The predicted octanol–water partition coefficient (Wildman–Crippen LogP) is 7.18. The number of aryl methyl sites for hydroxylation is 1. The van der Waals surface area contributed by atoms with Gasteiger partial charge in [0.25, 0.3) is 0 Å². The number of hydrogen-bond donors (Lipinski definition) is 0. The van der Waals surface area contributed by atoms with Crippen molar-refractivity contribution in [3.63, 3.8) is 0 Å². The van der Waals surface area contributed by atoms with E-state index in [2.05, 4.69) is 6.58 Å². The molecule has 0 radical (unpaired) electrons. The molecule has 1 aromatic heterocycles. The molecule has 0 amide bonds. The summed E-state index contributed by atoms with van der Waals surface area (Å²) >= 11 is 0. The van der Waals surface area contributed by atoms with Crippen LogP contribution in [0.4, 0.5) is 0 Å². The van der Waals surface area contributed by atoms with Crippen LogP contribution in [0, 0.1) is 12.8 Å². The molecule has 0 spiro atoms. The number of hydrogen-bond acceptors (Lipinski definition) is 6. The molecule has 0 bridgehead atoms. The highest BCUT2D eigenvalue weighted by molar-refractivity contribution is 5.93. The summed E-state index contributed by atoms with van der Waals surface area (Å²) in [6, 6.07) is 16.9. The van der Waals surface area contributed by atoms with Gasteiger partial charge in [-0.05, 0) is 67.8 Å². The van der Waals surface area contributed by atoms with Crippen molar-refractivity contribution in [3.05, 3.63) is 118 Å². The van der Waals surface area contributed by atoms with Crippen LogP contribution in [0.3, 0.4) is 0 Å². The van der Waals surface area contributed by atoms with Gasteiger partial charge in [-0.2, -0.15) is 0 Å². The molecule has 1 aliphatic heterocycles. The van der Waals surface area contributed by atoms with Crippen molar-refractivity contribution in [1.29, 1.82) is 0 Å². The van der Waals surface area contributed by atoms with Crippen LogP contribution in [-0.4, -0.2) is 26.0 Å². The predicted molar refractivity (Wildman–Crippen MR) is 149 cm³/mol. The number of allylic oxidation sites excluding steroid dienone is 4. The van der Waals surface area contributed by atoms with Gasteiger partial charge in [0.05, 0.1) is 19.6 Å². The fourth-order valence-electron chi connectivity index (χ4n) is 5.39. The molecule has 1 fully saturated rings. The molecule has 1 aliphatic carbocycles. The second kappa shape index (κ2) is 10.7. The molecule has 3 aromatic rings. The second-order valence-corrected chi connectivity index (χ2v) is 9.59. The van der Waals surface area contributed by atoms with Gasteiger partial charge in [0.2, 0.25) is 0 Å². The standard InChI is InChI=1S/C33H30O6/c1-6-37-33(35)30-20(3)16-29-31(32(30)25-9-7-8-10-26(25)36-5)21(4)28(39-29)17-23-12-14-27(38-23)24-13-11-22(18-34)15-19(24)2/h7-18,31-32H,4,6H2,1-3,5H3. The maximum Gasteiger partial charge on any atom is 0.334 e. The van der Waals surface area contributed by atoms with Gasteiger partial charge in [-0.1, -0.05) is 36.9 Å². The highest BCUT2D eigenvalue weighted by Gasteiger charge is 2.46. The van der Waals surface area contributed by atoms with Gasteiger partial charge < -0.3 is 18.6 Å². The molecule has 2 aliphatic rings. The summed E-state index contributed by atoms with van der Waals surface area (Å²) in [6.07, 6.45) is 4.54. The molecule has 0 saturated carbocycles. The first-order chi connectivity index (χ1) is 18.9. The lowest BCUT2D eigenvalue weighted by Crippen LogP contribution is -2.26. The number of carbonyl (C=O) groups is 2. The Balaban J connectivity index is 1.53. The Morgan fingerprint density at radius 2 is 1.87 bits per heavy atom. The summed E-state index contributed by atoms with van der Waals surface area (Å²) in [6.45, 7) is 10.3. The van der Waals surface area contributed by atoms with Gasteiger partial charge in [-0.15, -0.1) is 0 Å². The molecule has 5 rings (SSSR count). The number of rotatable bonds is 7. The zero-order valence-electron chi connectivity index (χ0n) is 22.4. The number of benzene rings is 2. The number of esters is 1. The maximum atomic E-state index is 13.2. The van der Waals surface area contributed by atoms with E-state index in [1.165, 1.54) is 0 Å². The molecule has 2 aromatic carbocycles. The number of methoxy groups -OCH3 is 1. The van der Waals surface area contributed by atoms with E-state index in [9.17, 15) is 9.59 Å². The Morgan fingerprint density at radius 3 is 2.59 bits per heavy atom. The van der Waals surface area contributed by atoms with Crippen LogP contribution in [0.2, 0.25) is 0 Å². The van der Waals surface area contributed by atoms with Crippen LogP contribution in [-0.2, 0) is 14.3 Å². The van der Waals surface area contributed by atoms with Crippen molar-refractivity contribution < 1.29 is 28.2 Å². The highest BCUT2D eigenvalue weighted by atomic mass is 16.5. The average molecular weight is 523 g/mol. The van der Waals surface area contributed by atoms with E-state index in [4.69, 9.17) is 18.6 Å². The molecular weight excluding hydrogens is 492 g/mol. The summed E-state index contributed by atoms with van der Waals surface area (Å²) in [5, 5.41) is 0. The van der Waals surface area contributed by atoms with E-state index in [0.717, 1.165) is 34.1 Å². The van der Waals surface area contributed by atoms with Crippen molar-refractivity contribution in [2.45, 2.75) is 26.7 Å². The summed E-state index contributed by atoms with van der Waals surface area (Å²) < 4.78 is 23.6. The number of para-hydroxylation sites is 1. The summed E-state index contributed by atoms with van der Waals surface area (Å²) in [4.78, 5) is 24.3. The lowest BCUT2D eigenvalue weighted by Gasteiger charge is -2.31. The second-order valence-electron chi connectivity index (χ2n) is 9.59.